The molecule has 12 heteroatoms. The maximum Gasteiger partial charge on any atom is 0.251 e. The zero-order valence-electron chi connectivity index (χ0n) is 19.8. The van der Waals surface area contributed by atoms with E-state index in [4.69, 9.17) is 20.3 Å². The van der Waals surface area contributed by atoms with Crippen molar-refractivity contribution in [1.29, 1.82) is 0 Å². The predicted octanol–water partition coefficient (Wildman–Crippen LogP) is 0.430. The summed E-state index contributed by atoms with van der Waals surface area (Å²) in [7, 11) is 0. The number of nitrogens with zero attached hydrogens (tertiary/aromatic N) is 3. The summed E-state index contributed by atoms with van der Waals surface area (Å²) in [5.74, 6) is 1.04. The van der Waals surface area contributed by atoms with Crippen molar-refractivity contribution in [3.8, 4) is 0 Å². The van der Waals surface area contributed by atoms with Crippen molar-refractivity contribution in [3.63, 3.8) is 0 Å². The molecular formula is C22H36N8O4. The highest BCUT2D eigenvalue weighted by atomic mass is 16.5. The highest BCUT2D eigenvalue weighted by Crippen LogP contribution is 2.12. The molecule has 1 heterocycles. The predicted molar refractivity (Wildman–Crippen MR) is 131 cm³/mol. The van der Waals surface area contributed by atoms with Crippen LogP contribution in [0.5, 0.6) is 0 Å². The highest BCUT2D eigenvalue weighted by Gasteiger charge is 2.08. The van der Waals surface area contributed by atoms with Gasteiger partial charge in [0.2, 0.25) is 17.8 Å². The Morgan fingerprint density at radius 3 is 2.24 bits per heavy atom. The van der Waals surface area contributed by atoms with Crippen LogP contribution in [0.1, 0.15) is 29.8 Å². The van der Waals surface area contributed by atoms with E-state index in [9.17, 15) is 4.79 Å². The van der Waals surface area contributed by atoms with Crippen molar-refractivity contribution < 1.29 is 19.4 Å². The molecular weight excluding hydrogens is 440 g/mol. The summed E-state index contributed by atoms with van der Waals surface area (Å²) >= 11 is 0. The molecule has 0 saturated heterocycles. The quantitative estimate of drug-likeness (QED) is 0.175. The summed E-state index contributed by atoms with van der Waals surface area (Å²) in [6.07, 6.45) is 0. The topological polar surface area (TPSA) is 169 Å². The Morgan fingerprint density at radius 2 is 1.59 bits per heavy atom. The van der Waals surface area contributed by atoms with Gasteiger partial charge in [0.1, 0.15) is 0 Å². The molecule has 0 atom stereocenters. The molecule has 0 spiro atoms. The number of carbonyl (C=O) groups is 1. The minimum Gasteiger partial charge on any atom is -0.395 e. The lowest BCUT2D eigenvalue weighted by atomic mass is 10.1. The summed E-state index contributed by atoms with van der Waals surface area (Å²) in [5, 5.41) is 21.1. The van der Waals surface area contributed by atoms with Gasteiger partial charge in [0.05, 0.1) is 33.0 Å². The number of aromatic nitrogens is 3. The largest absolute Gasteiger partial charge is 0.395 e. The number of rotatable bonds is 17. The Kier molecular flexibility index (Phi) is 12.6. The van der Waals surface area contributed by atoms with E-state index in [1.165, 1.54) is 0 Å². The minimum absolute atomic E-state index is 0.0292. The third-order valence-corrected chi connectivity index (χ3v) is 4.28. The Balaban J connectivity index is 1.81. The number of hydrogen-bond donors (Lipinski definition) is 6. The number of aliphatic hydroxyl groups excluding tert-OH is 1. The first-order valence-corrected chi connectivity index (χ1v) is 11.4. The molecule has 0 bridgehead atoms. The Labute approximate surface area is 200 Å². The lowest BCUT2D eigenvalue weighted by molar-refractivity contribution is 0.0511. The van der Waals surface area contributed by atoms with Crippen LogP contribution < -0.4 is 27.0 Å². The minimum atomic E-state index is -0.163. The first-order valence-electron chi connectivity index (χ1n) is 11.4. The fourth-order valence-electron chi connectivity index (χ4n) is 2.72. The average molecular weight is 477 g/mol. The maximum absolute atomic E-state index is 12.3. The van der Waals surface area contributed by atoms with Crippen molar-refractivity contribution in [2.45, 2.75) is 26.4 Å². The molecule has 0 unspecified atom stereocenters. The van der Waals surface area contributed by atoms with Crippen LogP contribution in [0.4, 0.5) is 17.8 Å². The molecule has 1 aromatic heterocycles. The molecule has 34 heavy (non-hydrogen) atoms. The van der Waals surface area contributed by atoms with Gasteiger partial charge in [-0.1, -0.05) is 12.1 Å². The third kappa shape index (κ3) is 10.7. The number of nitrogens with one attached hydrogen (secondary N) is 4. The zero-order chi connectivity index (χ0) is 24.6. The average Bonchev–Trinajstić information content (AvgIpc) is 2.82. The van der Waals surface area contributed by atoms with E-state index in [1.807, 2.05) is 26.0 Å². The molecule has 0 aliphatic heterocycles. The lowest BCUT2D eigenvalue weighted by Crippen LogP contribution is -2.27. The van der Waals surface area contributed by atoms with E-state index in [2.05, 4.69) is 36.2 Å². The van der Waals surface area contributed by atoms with Crippen LogP contribution in [-0.4, -0.2) is 84.7 Å². The molecule has 1 aromatic carbocycles. The van der Waals surface area contributed by atoms with E-state index in [1.54, 1.807) is 12.1 Å². The second-order valence-corrected chi connectivity index (χ2v) is 7.58. The van der Waals surface area contributed by atoms with Gasteiger partial charge in [-0.25, -0.2) is 0 Å². The van der Waals surface area contributed by atoms with E-state index >= 15 is 0 Å². The van der Waals surface area contributed by atoms with E-state index in [-0.39, 0.29) is 18.6 Å². The molecule has 188 valence electrons. The first-order chi connectivity index (χ1) is 16.5. The third-order valence-electron chi connectivity index (χ3n) is 4.28. The van der Waals surface area contributed by atoms with Gasteiger partial charge in [0.25, 0.3) is 5.91 Å². The Hall–Kier alpha value is -3.06. The van der Waals surface area contributed by atoms with Crippen LogP contribution in [0.25, 0.3) is 0 Å². The molecule has 12 nitrogen and oxygen atoms in total. The summed E-state index contributed by atoms with van der Waals surface area (Å²) in [6, 6.07) is 7.42. The molecule has 0 aliphatic rings. The fraction of sp³-hybridized carbons (Fsp3) is 0.545. The van der Waals surface area contributed by atoms with E-state index in [0.29, 0.717) is 76.0 Å². The van der Waals surface area contributed by atoms with Crippen LogP contribution >= 0.6 is 0 Å². The van der Waals surface area contributed by atoms with Gasteiger partial charge in [0, 0.05) is 37.8 Å². The first kappa shape index (κ1) is 27.2. The monoisotopic (exact) mass is 476 g/mol. The van der Waals surface area contributed by atoms with Gasteiger partial charge in [0.15, 0.2) is 0 Å². The summed E-state index contributed by atoms with van der Waals surface area (Å²) in [5.41, 5.74) is 6.86. The van der Waals surface area contributed by atoms with Crippen molar-refractivity contribution in [1.82, 2.24) is 20.3 Å². The summed E-state index contributed by atoms with van der Waals surface area (Å²) in [4.78, 5) is 25.3. The second kappa shape index (κ2) is 15.7. The van der Waals surface area contributed by atoms with Crippen LogP contribution in [0, 0.1) is 0 Å². The molecule has 2 rings (SSSR count). The van der Waals surface area contributed by atoms with Crippen molar-refractivity contribution in [2.24, 2.45) is 5.73 Å². The number of nitrogens with two attached hydrogens (primary N) is 1. The summed E-state index contributed by atoms with van der Waals surface area (Å²) in [6.45, 7) is 7.53. The number of anilines is 3. The fourth-order valence-corrected chi connectivity index (χ4v) is 2.72. The second-order valence-electron chi connectivity index (χ2n) is 7.58. The van der Waals surface area contributed by atoms with Gasteiger partial charge >= 0.3 is 0 Å². The molecule has 7 N–H and O–H groups in total. The zero-order valence-corrected chi connectivity index (χ0v) is 19.8. The highest BCUT2D eigenvalue weighted by molar-refractivity contribution is 5.94. The molecule has 0 aliphatic carbocycles. The molecule has 0 saturated carbocycles. The maximum atomic E-state index is 12.3. The molecule has 2 aromatic rings. The van der Waals surface area contributed by atoms with Crippen LogP contribution in [0.2, 0.25) is 0 Å². The normalized spacial score (nSPS) is 10.9. The van der Waals surface area contributed by atoms with Crippen molar-refractivity contribution in [2.75, 3.05) is 68.6 Å². The van der Waals surface area contributed by atoms with Gasteiger partial charge in [-0.15, -0.1) is 0 Å². The lowest BCUT2D eigenvalue weighted by Gasteiger charge is -2.12. The number of hydrogen-bond acceptors (Lipinski definition) is 11. The van der Waals surface area contributed by atoms with Crippen LogP contribution in [-0.2, 0) is 16.0 Å². The smallest absolute Gasteiger partial charge is 0.251 e. The number of amides is 1. The standard InChI is InChI=1S/C22H36N8O4/c1-16(2)27-22-29-20(25-8-10-31)28-21(30-22)26-15-17-3-5-18(6-4-17)19(32)24-9-12-34-14-13-33-11-7-23/h3-6,16,31H,7-15,23H2,1-2H3,(H,24,32)(H3,25,26,27,28,29,30). The van der Waals surface area contributed by atoms with E-state index < -0.39 is 0 Å². The number of ether oxygens (including phenoxy) is 2. The van der Waals surface area contributed by atoms with Crippen molar-refractivity contribution >= 4 is 23.8 Å². The molecule has 0 radical (unpaired) electrons. The van der Waals surface area contributed by atoms with Crippen LogP contribution in [0.15, 0.2) is 24.3 Å². The SMILES string of the molecule is CC(C)Nc1nc(NCCO)nc(NCc2ccc(C(=O)NCCOCCOCCN)cc2)n1. The number of aliphatic hydroxyl groups is 1. The van der Waals surface area contributed by atoms with Gasteiger partial charge in [-0.3, -0.25) is 4.79 Å². The van der Waals surface area contributed by atoms with E-state index in [0.717, 1.165) is 5.56 Å². The van der Waals surface area contributed by atoms with Crippen molar-refractivity contribution in [3.05, 3.63) is 35.4 Å². The van der Waals surface area contributed by atoms with Crippen LogP contribution in [0.3, 0.4) is 0 Å². The Morgan fingerprint density at radius 1 is 0.941 bits per heavy atom. The number of benzene rings is 1. The molecule has 0 fully saturated rings. The van der Waals surface area contributed by atoms with Gasteiger partial charge in [-0.2, -0.15) is 15.0 Å². The van der Waals surface area contributed by atoms with Gasteiger partial charge < -0.3 is 41.6 Å². The van der Waals surface area contributed by atoms with Gasteiger partial charge in [-0.05, 0) is 31.5 Å². The number of carbonyl (C=O) groups excluding carboxylic acids is 1. The summed E-state index contributed by atoms with van der Waals surface area (Å²) < 4.78 is 10.6. The molecule has 1 amide bonds. The Bertz CT molecular complexity index is 851.